The van der Waals surface area contributed by atoms with E-state index in [2.05, 4.69) is 6.92 Å². The van der Waals surface area contributed by atoms with E-state index in [-0.39, 0.29) is 0 Å². The van der Waals surface area contributed by atoms with Crippen LogP contribution in [0.1, 0.15) is 77.6 Å². The van der Waals surface area contributed by atoms with Crippen molar-refractivity contribution in [2.75, 3.05) is 18.1 Å². The Balaban J connectivity index is 1.80. The summed E-state index contributed by atoms with van der Waals surface area (Å²) in [7, 11) is 0. The molecule has 0 fully saturated rings. The summed E-state index contributed by atoms with van der Waals surface area (Å²) in [4.78, 5) is 13.9. The molecule has 4 heteroatoms. The van der Waals surface area contributed by atoms with E-state index in [1.54, 1.807) is 0 Å². The number of amides is 1. The first-order valence-corrected chi connectivity index (χ1v) is 11.9. The molecule has 2 aromatic rings. The highest BCUT2D eigenvalue weighted by atomic mass is 19.1. The molecule has 1 amide bonds. The Bertz CT molecular complexity index is 735. The fourth-order valence-corrected chi connectivity index (χ4v) is 3.77. The standard InChI is InChI=1S/C27H38FNO2/c1-2-3-4-5-6-7-8-9-10-11-17-22-29(27(30)23-28)25-20-15-16-21-26(25)31-24-18-13-12-14-19-24/h12-16,18-21H,2-11,17,22-23H2,1H3. The van der Waals surface area contributed by atoms with Crippen LogP contribution in [-0.2, 0) is 4.79 Å². The third-order valence-corrected chi connectivity index (χ3v) is 5.53. The van der Waals surface area contributed by atoms with Crippen molar-refractivity contribution in [3.05, 3.63) is 54.6 Å². The Morgan fingerprint density at radius 3 is 1.94 bits per heavy atom. The molecule has 0 radical (unpaired) electrons. The molecule has 0 saturated carbocycles. The summed E-state index contributed by atoms with van der Waals surface area (Å²) < 4.78 is 19.3. The molecule has 0 aliphatic rings. The summed E-state index contributed by atoms with van der Waals surface area (Å²) >= 11 is 0. The van der Waals surface area contributed by atoms with Gasteiger partial charge < -0.3 is 9.64 Å². The van der Waals surface area contributed by atoms with Gasteiger partial charge in [0, 0.05) is 6.54 Å². The predicted molar refractivity (Wildman–Crippen MR) is 128 cm³/mol. The maximum Gasteiger partial charge on any atom is 0.258 e. The van der Waals surface area contributed by atoms with Crippen LogP contribution in [0, 0.1) is 0 Å². The van der Waals surface area contributed by atoms with Gasteiger partial charge in [-0.25, -0.2) is 4.39 Å². The number of unbranched alkanes of at least 4 members (excludes halogenated alkanes) is 10. The number of hydrogen-bond donors (Lipinski definition) is 0. The molecule has 0 bridgehead atoms. The number of carbonyl (C=O) groups excluding carboxylic acids is 1. The lowest BCUT2D eigenvalue weighted by Crippen LogP contribution is -2.33. The van der Waals surface area contributed by atoms with E-state index in [0.29, 0.717) is 23.7 Å². The lowest BCUT2D eigenvalue weighted by atomic mass is 10.1. The minimum atomic E-state index is -1.00. The fourth-order valence-electron chi connectivity index (χ4n) is 3.77. The monoisotopic (exact) mass is 427 g/mol. The molecule has 0 saturated heterocycles. The summed E-state index contributed by atoms with van der Waals surface area (Å²) in [5, 5.41) is 0. The van der Waals surface area contributed by atoms with Crippen LogP contribution in [0.15, 0.2) is 54.6 Å². The van der Waals surface area contributed by atoms with Crippen molar-refractivity contribution in [3.63, 3.8) is 0 Å². The van der Waals surface area contributed by atoms with Crippen LogP contribution in [0.3, 0.4) is 0 Å². The second-order valence-corrected chi connectivity index (χ2v) is 8.10. The summed E-state index contributed by atoms with van der Waals surface area (Å²) in [6.45, 7) is 1.75. The highest BCUT2D eigenvalue weighted by Gasteiger charge is 2.19. The quantitative estimate of drug-likeness (QED) is 0.253. The maximum absolute atomic E-state index is 13.3. The van der Waals surface area contributed by atoms with Crippen LogP contribution < -0.4 is 9.64 Å². The molecule has 170 valence electrons. The molecule has 0 aliphatic heterocycles. The number of anilines is 1. The predicted octanol–water partition coefficient (Wildman–Crippen LogP) is 8.09. The minimum absolute atomic E-state index is 0.509. The summed E-state index contributed by atoms with van der Waals surface area (Å²) in [6, 6.07) is 16.8. The lowest BCUT2D eigenvalue weighted by molar-refractivity contribution is -0.119. The van der Waals surface area contributed by atoms with Crippen LogP contribution in [0.25, 0.3) is 0 Å². The SMILES string of the molecule is CCCCCCCCCCCCCN(C(=O)CF)c1ccccc1Oc1ccccc1. The molecule has 0 N–H and O–H groups in total. The van der Waals surface area contributed by atoms with Crippen LogP contribution in [-0.4, -0.2) is 19.1 Å². The van der Waals surface area contributed by atoms with Gasteiger partial charge >= 0.3 is 0 Å². The zero-order valence-corrected chi connectivity index (χ0v) is 19.0. The first-order valence-electron chi connectivity index (χ1n) is 11.9. The van der Waals surface area contributed by atoms with Gasteiger partial charge in [0.25, 0.3) is 5.91 Å². The topological polar surface area (TPSA) is 29.5 Å². The summed E-state index contributed by atoms with van der Waals surface area (Å²) in [5.74, 6) is 0.743. The zero-order valence-electron chi connectivity index (χ0n) is 19.0. The lowest BCUT2D eigenvalue weighted by Gasteiger charge is -2.24. The molecule has 2 aromatic carbocycles. The third-order valence-electron chi connectivity index (χ3n) is 5.53. The van der Waals surface area contributed by atoms with Gasteiger partial charge in [-0.2, -0.15) is 0 Å². The van der Waals surface area contributed by atoms with Gasteiger partial charge in [0.05, 0.1) is 5.69 Å². The van der Waals surface area contributed by atoms with Crippen molar-refractivity contribution < 1.29 is 13.9 Å². The molecular formula is C27H38FNO2. The second kappa shape index (κ2) is 15.4. The van der Waals surface area contributed by atoms with Crippen LogP contribution in [0.5, 0.6) is 11.5 Å². The number of alkyl halides is 1. The van der Waals surface area contributed by atoms with Gasteiger partial charge in [-0.15, -0.1) is 0 Å². The third kappa shape index (κ3) is 9.54. The van der Waals surface area contributed by atoms with Gasteiger partial charge in [-0.3, -0.25) is 4.79 Å². The van der Waals surface area contributed by atoms with Gasteiger partial charge in [0.1, 0.15) is 5.75 Å². The largest absolute Gasteiger partial charge is 0.455 e. The van der Waals surface area contributed by atoms with E-state index in [9.17, 15) is 9.18 Å². The van der Waals surface area contributed by atoms with Gasteiger partial charge in [-0.05, 0) is 30.7 Å². The highest BCUT2D eigenvalue weighted by Crippen LogP contribution is 2.32. The minimum Gasteiger partial charge on any atom is -0.455 e. The van der Waals surface area contributed by atoms with Crippen LogP contribution in [0.2, 0.25) is 0 Å². The zero-order chi connectivity index (χ0) is 22.2. The maximum atomic E-state index is 13.3. The normalized spacial score (nSPS) is 10.8. The molecule has 31 heavy (non-hydrogen) atoms. The van der Waals surface area contributed by atoms with Crippen LogP contribution >= 0.6 is 0 Å². The number of para-hydroxylation sites is 3. The number of halogens is 1. The van der Waals surface area contributed by atoms with Gasteiger partial charge in [0.15, 0.2) is 12.4 Å². The van der Waals surface area contributed by atoms with Crippen molar-refractivity contribution in [1.82, 2.24) is 0 Å². The van der Waals surface area contributed by atoms with Crippen LogP contribution in [0.4, 0.5) is 10.1 Å². The van der Waals surface area contributed by atoms with Crippen molar-refractivity contribution >= 4 is 11.6 Å². The van der Waals surface area contributed by atoms with E-state index >= 15 is 0 Å². The highest BCUT2D eigenvalue weighted by molar-refractivity contribution is 5.95. The molecule has 2 rings (SSSR count). The first-order chi connectivity index (χ1) is 15.3. The average Bonchev–Trinajstić information content (AvgIpc) is 2.81. The van der Waals surface area contributed by atoms with Gasteiger partial charge in [0.2, 0.25) is 0 Å². The molecule has 0 atom stereocenters. The number of nitrogens with zero attached hydrogens (tertiary/aromatic N) is 1. The molecular weight excluding hydrogens is 389 g/mol. The van der Waals surface area contributed by atoms with Crippen molar-refractivity contribution in [2.24, 2.45) is 0 Å². The Morgan fingerprint density at radius 1 is 0.774 bits per heavy atom. The van der Waals surface area contributed by atoms with E-state index in [1.807, 2.05) is 54.6 Å². The molecule has 3 nitrogen and oxygen atoms in total. The molecule has 0 aromatic heterocycles. The number of hydrogen-bond acceptors (Lipinski definition) is 2. The van der Waals surface area contributed by atoms with Gasteiger partial charge in [-0.1, -0.05) is 101 Å². The fraction of sp³-hybridized carbons (Fsp3) is 0.519. The number of benzene rings is 2. The van der Waals surface area contributed by atoms with Crippen molar-refractivity contribution in [1.29, 1.82) is 0 Å². The Morgan fingerprint density at radius 2 is 1.32 bits per heavy atom. The Kier molecular flexibility index (Phi) is 12.4. The average molecular weight is 428 g/mol. The number of ether oxygens (including phenoxy) is 1. The molecule has 0 spiro atoms. The summed E-state index contributed by atoms with van der Waals surface area (Å²) in [6.07, 6.45) is 13.6. The molecule has 0 aliphatic carbocycles. The number of carbonyl (C=O) groups is 1. The Labute approximate surface area is 187 Å². The van der Waals surface area contributed by atoms with E-state index in [0.717, 1.165) is 19.3 Å². The first kappa shape index (κ1) is 24.9. The van der Waals surface area contributed by atoms with Crippen molar-refractivity contribution in [2.45, 2.75) is 77.6 Å². The van der Waals surface area contributed by atoms with Crippen molar-refractivity contribution in [3.8, 4) is 11.5 Å². The molecule has 0 unspecified atom stereocenters. The van der Waals surface area contributed by atoms with E-state index in [4.69, 9.17) is 4.74 Å². The number of rotatable bonds is 16. The Hall–Kier alpha value is -2.36. The summed E-state index contributed by atoms with van der Waals surface area (Å²) in [5.41, 5.74) is 0.626. The van der Waals surface area contributed by atoms with E-state index < -0.39 is 12.6 Å². The molecule has 0 heterocycles. The second-order valence-electron chi connectivity index (χ2n) is 8.10. The smallest absolute Gasteiger partial charge is 0.258 e. The van der Waals surface area contributed by atoms with E-state index in [1.165, 1.54) is 56.3 Å².